The molecule has 1 aromatic carbocycles. The maximum absolute atomic E-state index is 11.1. The largest absolute Gasteiger partial charge is 0.395 e. The van der Waals surface area contributed by atoms with Gasteiger partial charge in [-0.1, -0.05) is 0 Å². The van der Waals surface area contributed by atoms with Crippen molar-refractivity contribution in [2.24, 2.45) is 0 Å². The van der Waals surface area contributed by atoms with Crippen LogP contribution in [0.25, 0.3) is 10.8 Å². The molecule has 110 valence electrons. The number of hydrogen-bond donors (Lipinski definition) is 1. The number of nitrogens with zero attached hydrogens (tertiary/aromatic N) is 3. The van der Waals surface area contributed by atoms with Crippen LogP contribution in [0.3, 0.4) is 0 Å². The van der Waals surface area contributed by atoms with Crippen LogP contribution in [0.4, 0.5) is 11.4 Å². The van der Waals surface area contributed by atoms with Gasteiger partial charge in [0.15, 0.2) is 0 Å². The molecule has 2 aromatic rings. The van der Waals surface area contributed by atoms with Gasteiger partial charge >= 0.3 is 0 Å². The van der Waals surface area contributed by atoms with Crippen molar-refractivity contribution in [3.05, 3.63) is 40.7 Å². The number of pyridine rings is 1. The lowest BCUT2D eigenvalue weighted by Crippen LogP contribution is -2.42. The molecule has 1 aliphatic carbocycles. The van der Waals surface area contributed by atoms with E-state index in [1.54, 1.807) is 18.3 Å². The number of nitro benzene ring substituents is 1. The Hall–Kier alpha value is -2.21. The highest BCUT2D eigenvalue weighted by Gasteiger charge is 2.27. The van der Waals surface area contributed by atoms with E-state index in [-0.39, 0.29) is 17.2 Å². The minimum absolute atomic E-state index is 0.0689. The van der Waals surface area contributed by atoms with Gasteiger partial charge in [0, 0.05) is 42.1 Å². The van der Waals surface area contributed by atoms with E-state index >= 15 is 0 Å². The quantitative estimate of drug-likeness (QED) is 0.675. The fourth-order valence-electron chi connectivity index (χ4n) is 2.87. The summed E-state index contributed by atoms with van der Waals surface area (Å²) in [5.41, 5.74) is 1.01. The first-order valence-corrected chi connectivity index (χ1v) is 7.11. The number of non-ortho nitro benzene ring substituents is 1. The number of fused-ring (bicyclic) bond motifs is 1. The van der Waals surface area contributed by atoms with Crippen molar-refractivity contribution >= 4 is 22.1 Å². The smallest absolute Gasteiger partial charge is 0.278 e. The first kappa shape index (κ1) is 13.8. The highest BCUT2D eigenvalue weighted by atomic mass is 16.6. The summed E-state index contributed by atoms with van der Waals surface area (Å²) in [5, 5.41) is 21.8. The molecule has 0 spiro atoms. The predicted molar refractivity (Wildman–Crippen MR) is 80.5 cm³/mol. The van der Waals surface area contributed by atoms with Crippen LogP contribution in [0.2, 0.25) is 0 Å². The summed E-state index contributed by atoms with van der Waals surface area (Å²) in [6.45, 7) is 0.611. The molecule has 1 saturated carbocycles. The van der Waals surface area contributed by atoms with Crippen molar-refractivity contribution in [1.82, 2.24) is 4.98 Å². The zero-order valence-electron chi connectivity index (χ0n) is 11.6. The first-order valence-electron chi connectivity index (χ1n) is 7.11. The molecule has 3 rings (SSSR count). The molecule has 0 aliphatic heterocycles. The number of rotatable bonds is 5. The summed E-state index contributed by atoms with van der Waals surface area (Å²) >= 11 is 0. The number of anilines is 1. The lowest BCUT2D eigenvalue weighted by molar-refractivity contribution is -0.383. The van der Waals surface area contributed by atoms with E-state index in [0.717, 1.165) is 23.9 Å². The van der Waals surface area contributed by atoms with Crippen LogP contribution in [-0.4, -0.2) is 34.2 Å². The molecule has 1 heterocycles. The van der Waals surface area contributed by atoms with Crippen molar-refractivity contribution in [1.29, 1.82) is 0 Å². The van der Waals surface area contributed by atoms with E-state index in [1.807, 2.05) is 0 Å². The van der Waals surface area contributed by atoms with E-state index < -0.39 is 0 Å². The topological polar surface area (TPSA) is 79.5 Å². The monoisotopic (exact) mass is 287 g/mol. The van der Waals surface area contributed by atoms with Gasteiger partial charge in [-0.25, -0.2) is 0 Å². The highest BCUT2D eigenvalue weighted by Crippen LogP contribution is 2.37. The number of nitro groups is 1. The van der Waals surface area contributed by atoms with Gasteiger partial charge in [0.2, 0.25) is 0 Å². The van der Waals surface area contributed by atoms with Crippen molar-refractivity contribution in [3.63, 3.8) is 0 Å². The molecule has 6 heteroatoms. The van der Waals surface area contributed by atoms with Crippen LogP contribution in [0.15, 0.2) is 30.6 Å². The molecule has 6 nitrogen and oxygen atoms in total. The van der Waals surface area contributed by atoms with Gasteiger partial charge in [-0.2, -0.15) is 0 Å². The second-order valence-corrected chi connectivity index (χ2v) is 5.28. The van der Waals surface area contributed by atoms with Crippen LogP contribution < -0.4 is 4.90 Å². The van der Waals surface area contributed by atoms with Gasteiger partial charge < -0.3 is 10.0 Å². The number of aromatic nitrogens is 1. The fourth-order valence-corrected chi connectivity index (χ4v) is 2.87. The summed E-state index contributed by atoms with van der Waals surface area (Å²) in [6, 6.07) is 5.53. The summed E-state index contributed by atoms with van der Waals surface area (Å²) in [7, 11) is 0. The third-order valence-corrected chi connectivity index (χ3v) is 4.13. The third-order valence-electron chi connectivity index (χ3n) is 4.13. The molecule has 21 heavy (non-hydrogen) atoms. The number of aliphatic hydroxyl groups excluding tert-OH is 1. The van der Waals surface area contributed by atoms with Crippen molar-refractivity contribution < 1.29 is 10.0 Å². The zero-order chi connectivity index (χ0) is 14.8. The van der Waals surface area contributed by atoms with Crippen LogP contribution >= 0.6 is 0 Å². The van der Waals surface area contributed by atoms with Gasteiger partial charge in [-0.3, -0.25) is 15.1 Å². The van der Waals surface area contributed by atoms with Crippen LogP contribution in [0, 0.1) is 10.1 Å². The van der Waals surface area contributed by atoms with Gasteiger partial charge in [-0.05, 0) is 31.4 Å². The van der Waals surface area contributed by atoms with Crippen LogP contribution in [0.1, 0.15) is 19.3 Å². The number of hydrogen-bond acceptors (Lipinski definition) is 5. The maximum atomic E-state index is 11.1. The lowest BCUT2D eigenvalue weighted by Gasteiger charge is -2.39. The van der Waals surface area contributed by atoms with Crippen molar-refractivity contribution in [3.8, 4) is 0 Å². The molecule has 1 aliphatic rings. The molecule has 0 bridgehead atoms. The van der Waals surface area contributed by atoms with E-state index in [9.17, 15) is 15.2 Å². The minimum Gasteiger partial charge on any atom is -0.395 e. The van der Waals surface area contributed by atoms with Crippen molar-refractivity contribution in [2.75, 3.05) is 18.1 Å². The van der Waals surface area contributed by atoms with Gasteiger partial charge in [0.05, 0.1) is 16.9 Å². The highest BCUT2D eigenvalue weighted by molar-refractivity contribution is 5.99. The molecule has 1 fully saturated rings. The van der Waals surface area contributed by atoms with Gasteiger partial charge in [0.1, 0.15) is 0 Å². The summed E-state index contributed by atoms with van der Waals surface area (Å²) in [4.78, 5) is 16.9. The molecular weight excluding hydrogens is 270 g/mol. The first-order chi connectivity index (χ1) is 10.2. The number of aliphatic hydroxyl groups is 1. The van der Waals surface area contributed by atoms with Gasteiger partial charge in [-0.15, -0.1) is 0 Å². The molecule has 0 amide bonds. The Bertz CT molecular complexity index is 670. The molecule has 0 unspecified atom stereocenters. The Morgan fingerprint density at radius 3 is 2.76 bits per heavy atom. The standard InChI is InChI=1S/C15H17N3O3/c19-9-8-17(11-2-1-3-11)14-4-5-15(18(20)21)13-10-16-7-6-12(13)14/h4-7,10-11,19H,1-3,8-9H2. The summed E-state index contributed by atoms with van der Waals surface area (Å²) < 4.78 is 0. The molecular formula is C15H17N3O3. The second kappa shape index (κ2) is 5.65. The Kier molecular flexibility index (Phi) is 3.70. The van der Waals surface area contributed by atoms with E-state index in [1.165, 1.54) is 18.7 Å². The average molecular weight is 287 g/mol. The molecule has 0 saturated heterocycles. The summed E-state index contributed by atoms with van der Waals surface area (Å²) in [6.07, 6.45) is 6.58. The fraction of sp³-hybridized carbons (Fsp3) is 0.400. The Morgan fingerprint density at radius 1 is 1.33 bits per heavy atom. The molecule has 1 aromatic heterocycles. The molecule has 1 N–H and O–H groups in total. The SMILES string of the molecule is O=[N+]([O-])c1ccc(N(CCO)C2CCC2)c2ccncc12. The van der Waals surface area contributed by atoms with E-state index in [0.29, 0.717) is 18.0 Å². The normalized spacial score (nSPS) is 14.9. The maximum Gasteiger partial charge on any atom is 0.278 e. The van der Waals surface area contributed by atoms with Crippen LogP contribution in [-0.2, 0) is 0 Å². The summed E-state index contributed by atoms with van der Waals surface area (Å²) in [5.74, 6) is 0. The Balaban J connectivity index is 2.13. The van der Waals surface area contributed by atoms with Crippen LogP contribution in [0.5, 0.6) is 0 Å². The van der Waals surface area contributed by atoms with Gasteiger partial charge in [0.25, 0.3) is 5.69 Å². The van der Waals surface area contributed by atoms with Crippen molar-refractivity contribution in [2.45, 2.75) is 25.3 Å². The average Bonchev–Trinajstić information content (AvgIpc) is 2.43. The predicted octanol–water partition coefficient (Wildman–Crippen LogP) is 2.49. The third kappa shape index (κ3) is 2.42. The van der Waals surface area contributed by atoms with E-state index in [2.05, 4.69) is 9.88 Å². The zero-order valence-corrected chi connectivity index (χ0v) is 11.6. The Labute approximate surface area is 122 Å². The second-order valence-electron chi connectivity index (χ2n) is 5.28. The molecule has 0 radical (unpaired) electrons. The lowest BCUT2D eigenvalue weighted by atomic mass is 9.90. The Morgan fingerprint density at radius 2 is 2.14 bits per heavy atom. The van der Waals surface area contributed by atoms with E-state index in [4.69, 9.17) is 0 Å². The number of benzene rings is 1. The molecule has 0 atom stereocenters. The minimum atomic E-state index is -0.381.